The van der Waals surface area contributed by atoms with Gasteiger partial charge in [0, 0.05) is 0 Å². The molecule has 72 valence electrons. The quantitative estimate of drug-likeness (QED) is 0.723. The highest BCUT2D eigenvalue weighted by Gasteiger charge is 2.04. The first-order chi connectivity index (χ1) is 6.08. The highest BCUT2D eigenvalue weighted by molar-refractivity contribution is 7.85. The topological polar surface area (TPSA) is 71.4 Å². The lowest BCUT2D eigenvalue weighted by Gasteiger charge is -1.95. The Balaban J connectivity index is 0.000000671. The molecule has 0 heterocycles. The Morgan fingerprint density at radius 2 is 1.62 bits per heavy atom. The molecule has 0 aliphatic rings. The third-order valence-corrected chi connectivity index (χ3v) is 1.89. The molecule has 0 saturated carbocycles. The predicted octanol–water partition coefficient (Wildman–Crippen LogP) is 0.890. The number of hydrogen-bond acceptors (Lipinski definition) is 3. The van der Waals surface area contributed by atoms with Crippen molar-refractivity contribution in [3.05, 3.63) is 35.9 Å². The van der Waals surface area contributed by atoms with E-state index in [0.717, 1.165) is 0 Å². The van der Waals surface area contributed by atoms with Crippen LogP contribution in [0.2, 0.25) is 0 Å². The molecule has 0 atom stereocenters. The van der Waals surface area contributed by atoms with Crippen molar-refractivity contribution in [1.82, 2.24) is 0 Å². The molecule has 1 rings (SSSR count). The average molecular weight is 202 g/mol. The van der Waals surface area contributed by atoms with E-state index in [4.69, 9.17) is 9.35 Å². The summed E-state index contributed by atoms with van der Waals surface area (Å²) in [5.41, 5.74) is 0.593. The lowest BCUT2D eigenvalue weighted by atomic mass is 10.2. The molecular formula is C8H10O4S. The van der Waals surface area contributed by atoms with Crippen LogP contribution in [0.4, 0.5) is 0 Å². The summed E-state index contributed by atoms with van der Waals surface area (Å²) in [6.45, 7) is 2.00. The second-order valence-electron chi connectivity index (χ2n) is 2.21. The van der Waals surface area contributed by atoms with Crippen LogP contribution in [0, 0.1) is 0 Å². The zero-order chi connectivity index (χ0) is 10.3. The molecule has 5 heteroatoms. The van der Waals surface area contributed by atoms with Crippen molar-refractivity contribution >= 4 is 16.9 Å². The smallest absolute Gasteiger partial charge is 0.269 e. The third kappa shape index (κ3) is 6.01. The zero-order valence-corrected chi connectivity index (χ0v) is 7.70. The van der Waals surface area contributed by atoms with E-state index in [-0.39, 0.29) is 5.75 Å². The summed E-state index contributed by atoms with van der Waals surface area (Å²) in [7, 11) is -3.88. The van der Waals surface area contributed by atoms with Gasteiger partial charge in [0.05, 0.1) is 0 Å². The summed E-state index contributed by atoms with van der Waals surface area (Å²) in [6.07, 6.45) is 0. The van der Waals surface area contributed by atoms with Crippen molar-refractivity contribution in [3.8, 4) is 0 Å². The van der Waals surface area contributed by atoms with Crippen molar-refractivity contribution in [1.29, 1.82) is 0 Å². The SMILES string of the molecule is C=O.O=S(=O)(O)Cc1ccccc1. The summed E-state index contributed by atoms with van der Waals surface area (Å²) in [6, 6.07) is 8.52. The van der Waals surface area contributed by atoms with Crippen LogP contribution in [0.3, 0.4) is 0 Å². The number of carbonyl (C=O) groups excluding carboxylic acids is 1. The van der Waals surface area contributed by atoms with Crippen LogP contribution >= 0.6 is 0 Å². The van der Waals surface area contributed by atoms with Gasteiger partial charge in [-0.25, -0.2) is 0 Å². The van der Waals surface area contributed by atoms with Gasteiger partial charge in [-0.05, 0) is 5.56 Å². The molecule has 1 aromatic carbocycles. The minimum Gasteiger partial charge on any atom is -0.307 e. The maximum atomic E-state index is 10.4. The van der Waals surface area contributed by atoms with Gasteiger partial charge in [0.25, 0.3) is 10.1 Å². The van der Waals surface area contributed by atoms with E-state index >= 15 is 0 Å². The first kappa shape index (κ1) is 11.8. The number of hydrogen-bond donors (Lipinski definition) is 1. The van der Waals surface area contributed by atoms with Crippen molar-refractivity contribution in [2.45, 2.75) is 5.75 Å². The molecule has 0 bridgehead atoms. The molecule has 0 aromatic heterocycles. The number of rotatable bonds is 2. The number of benzene rings is 1. The predicted molar refractivity (Wildman–Crippen MR) is 48.8 cm³/mol. The lowest BCUT2D eigenvalue weighted by molar-refractivity contribution is -0.0979. The first-order valence-corrected chi connectivity index (χ1v) is 4.97. The van der Waals surface area contributed by atoms with Crippen molar-refractivity contribution < 1.29 is 17.8 Å². The summed E-state index contributed by atoms with van der Waals surface area (Å²) in [5, 5.41) is 0. The van der Waals surface area contributed by atoms with E-state index in [1.807, 2.05) is 6.79 Å². The van der Waals surface area contributed by atoms with Gasteiger partial charge in [-0.1, -0.05) is 30.3 Å². The van der Waals surface area contributed by atoms with Crippen LogP contribution in [0.5, 0.6) is 0 Å². The van der Waals surface area contributed by atoms with Gasteiger partial charge in [-0.2, -0.15) is 8.42 Å². The van der Waals surface area contributed by atoms with E-state index in [1.165, 1.54) is 0 Å². The maximum Gasteiger partial charge on any atom is 0.269 e. The molecular weight excluding hydrogens is 192 g/mol. The van der Waals surface area contributed by atoms with Gasteiger partial charge in [0.1, 0.15) is 12.5 Å². The molecule has 0 amide bonds. The van der Waals surface area contributed by atoms with Crippen molar-refractivity contribution in [3.63, 3.8) is 0 Å². The fraction of sp³-hybridized carbons (Fsp3) is 0.125. The molecule has 4 nitrogen and oxygen atoms in total. The number of carbonyl (C=O) groups is 1. The lowest BCUT2D eigenvalue weighted by Crippen LogP contribution is -2.00. The van der Waals surface area contributed by atoms with Gasteiger partial charge < -0.3 is 4.79 Å². The van der Waals surface area contributed by atoms with E-state index < -0.39 is 10.1 Å². The van der Waals surface area contributed by atoms with Crippen LogP contribution in [-0.4, -0.2) is 19.8 Å². The van der Waals surface area contributed by atoms with Crippen molar-refractivity contribution in [2.75, 3.05) is 0 Å². The zero-order valence-electron chi connectivity index (χ0n) is 6.88. The van der Waals surface area contributed by atoms with Crippen LogP contribution in [0.25, 0.3) is 0 Å². The summed E-state index contributed by atoms with van der Waals surface area (Å²) in [5.74, 6) is -0.312. The summed E-state index contributed by atoms with van der Waals surface area (Å²) >= 11 is 0. The Morgan fingerprint density at radius 1 is 1.15 bits per heavy atom. The normalized spacial score (nSPS) is 9.92. The Bertz CT molecular complexity index is 330. The summed E-state index contributed by atoms with van der Waals surface area (Å²) < 4.78 is 29.2. The van der Waals surface area contributed by atoms with Gasteiger partial charge in [-0.3, -0.25) is 4.55 Å². The summed E-state index contributed by atoms with van der Waals surface area (Å²) in [4.78, 5) is 8.00. The Kier molecular flexibility index (Phi) is 4.94. The van der Waals surface area contributed by atoms with Crippen LogP contribution in [-0.2, 0) is 20.7 Å². The molecule has 0 aliphatic heterocycles. The average Bonchev–Trinajstić information content (AvgIpc) is 2.07. The third-order valence-electron chi connectivity index (χ3n) is 1.19. The minimum atomic E-state index is -3.88. The van der Waals surface area contributed by atoms with E-state index in [9.17, 15) is 8.42 Å². The van der Waals surface area contributed by atoms with Crippen LogP contribution in [0.1, 0.15) is 5.56 Å². The molecule has 13 heavy (non-hydrogen) atoms. The fourth-order valence-electron chi connectivity index (χ4n) is 0.785. The maximum absolute atomic E-state index is 10.4. The van der Waals surface area contributed by atoms with Crippen LogP contribution in [0.15, 0.2) is 30.3 Å². The standard InChI is InChI=1S/C7H8O3S.CH2O/c8-11(9,10)6-7-4-2-1-3-5-7;1-2/h1-5H,6H2,(H,8,9,10);1H2. The molecule has 0 radical (unpaired) electrons. The first-order valence-electron chi connectivity index (χ1n) is 3.36. The largest absolute Gasteiger partial charge is 0.307 e. The Labute approximate surface area is 77.0 Å². The molecule has 0 unspecified atom stereocenters. The van der Waals surface area contributed by atoms with E-state index in [0.29, 0.717) is 5.56 Å². The fourth-order valence-corrected chi connectivity index (χ4v) is 1.40. The second-order valence-corrected chi connectivity index (χ2v) is 3.66. The Morgan fingerprint density at radius 3 is 2.00 bits per heavy atom. The van der Waals surface area contributed by atoms with Gasteiger partial charge in [-0.15, -0.1) is 0 Å². The second kappa shape index (κ2) is 5.45. The van der Waals surface area contributed by atoms with Crippen molar-refractivity contribution in [2.24, 2.45) is 0 Å². The highest BCUT2D eigenvalue weighted by atomic mass is 32.2. The van der Waals surface area contributed by atoms with Crippen LogP contribution < -0.4 is 0 Å². The molecule has 0 saturated heterocycles. The van der Waals surface area contributed by atoms with Gasteiger partial charge >= 0.3 is 0 Å². The van der Waals surface area contributed by atoms with Gasteiger partial charge in [0.2, 0.25) is 0 Å². The molecule has 0 aliphatic carbocycles. The highest BCUT2D eigenvalue weighted by Crippen LogP contribution is 2.02. The minimum absolute atomic E-state index is 0.312. The van der Waals surface area contributed by atoms with Gasteiger partial charge in [0.15, 0.2) is 0 Å². The Hall–Kier alpha value is -1.20. The van der Waals surface area contributed by atoms with E-state index in [1.54, 1.807) is 30.3 Å². The molecule has 0 fully saturated rings. The molecule has 0 spiro atoms. The molecule has 1 aromatic rings. The monoisotopic (exact) mass is 202 g/mol. The van der Waals surface area contributed by atoms with E-state index in [2.05, 4.69) is 0 Å². The molecule has 1 N–H and O–H groups in total.